The van der Waals surface area contributed by atoms with Gasteiger partial charge in [0.25, 0.3) is 0 Å². The summed E-state index contributed by atoms with van der Waals surface area (Å²) < 4.78 is 0. The Balaban J connectivity index is 1.45. The molecule has 9 aromatic rings. The average Bonchev–Trinajstić information content (AvgIpc) is 3.14. The van der Waals surface area contributed by atoms with Gasteiger partial charge in [-0.15, -0.1) is 0 Å². The highest BCUT2D eigenvalue weighted by atomic mass is 14.2. The molecule has 0 fully saturated rings. The number of fused-ring (bicyclic) bond motifs is 4. The second-order valence-corrected chi connectivity index (χ2v) is 12.0. The summed E-state index contributed by atoms with van der Waals surface area (Å²) in [6, 6.07) is 66.6. The van der Waals surface area contributed by atoms with Crippen molar-refractivity contribution in [3.63, 3.8) is 0 Å². The van der Waals surface area contributed by atoms with Crippen LogP contribution in [0, 0.1) is 0 Å². The smallest absolute Gasteiger partial charge is 0.00199 e. The van der Waals surface area contributed by atoms with E-state index in [0.717, 1.165) is 0 Å². The average molecular weight is 583 g/mol. The maximum atomic E-state index is 2.44. The van der Waals surface area contributed by atoms with Crippen molar-refractivity contribution in [2.45, 2.75) is 0 Å². The lowest BCUT2D eigenvalue weighted by Crippen LogP contribution is -1.93. The monoisotopic (exact) mass is 582 g/mol. The first-order chi connectivity index (χ1) is 22.8. The summed E-state index contributed by atoms with van der Waals surface area (Å²) in [5.41, 5.74) is 10.0. The predicted molar refractivity (Wildman–Crippen MR) is 198 cm³/mol. The van der Waals surface area contributed by atoms with Crippen LogP contribution in [0.5, 0.6) is 0 Å². The highest BCUT2D eigenvalue weighted by molar-refractivity contribution is 6.25. The van der Waals surface area contributed by atoms with Gasteiger partial charge in [0.05, 0.1) is 0 Å². The van der Waals surface area contributed by atoms with Gasteiger partial charge in [-0.3, -0.25) is 0 Å². The van der Waals surface area contributed by atoms with Gasteiger partial charge in [0.15, 0.2) is 0 Å². The van der Waals surface area contributed by atoms with Gasteiger partial charge in [0, 0.05) is 0 Å². The molecule has 9 rings (SSSR count). The van der Waals surface area contributed by atoms with Crippen molar-refractivity contribution in [3.8, 4) is 44.5 Å². The van der Waals surface area contributed by atoms with Gasteiger partial charge < -0.3 is 0 Å². The lowest BCUT2D eigenvalue weighted by atomic mass is 9.82. The maximum absolute atomic E-state index is 2.44. The zero-order chi connectivity index (χ0) is 30.5. The van der Waals surface area contributed by atoms with Crippen molar-refractivity contribution in [1.82, 2.24) is 0 Å². The van der Waals surface area contributed by atoms with Crippen LogP contribution in [-0.2, 0) is 0 Å². The minimum Gasteiger partial charge on any atom is -0.0622 e. The molecule has 0 saturated heterocycles. The van der Waals surface area contributed by atoms with Crippen molar-refractivity contribution >= 4 is 43.1 Å². The van der Waals surface area contributed by atoms with Gasteiger partial charge in [-0.05, 0) is 93.7 Å². The van der Waals surface area contributed by atoms with Crippen LogP contribution in [0.25, 0.3) is 87.6 Å². The molecule has 46 heavy (non-hydrogen) atoms. The first kappa shape index (κ1) is 26.4. The van der Waals surface area contributed by atoms with Gasteiger partial charge in [-0.25, -0.2) is 0 Å². The SMILES string of the molecule is c1ccc(-c2ccccc2-c2ccc3c(-c4cccc5ccccc45)c4ccccc4c(-c4cccc5ccccc45)c3c2)cc1. The Morgan fingerprint density at radius 2 is 0.630 bits per heavy atom. The van der Waals surface area contributed by atoms with Gasteiger partial charge in [-0.2, -0.15) is 0 Å². The largest absolute Gasteiger partial charge is 0.0622 e. The molecule has 0 bridgehead atoms. The zero-order valence-corrected chi connectivity index (χ0v) is 25.3. The number of benzene rings is 9. The highest BCUT2D eigenvalue weighted by Crippen LogP contribution is 2.48. The fourth-order valence-electron chi connectivity index (χ4n) is 7.42. The topological polar surface area (TPSA) is 0 Å². The van der Waals surface area contributed by atoms with Gasteiger partial charge in [0.2, 0.25) is 0 Å². The summed E-state index contributed by atoms with van der Waals surface area (Å²) in [6.07, 6.45) is 0. The Bertz CT molecular complexity index is 2560. The molecule has 0 aliphatic carbocycles. The lowest BCUT2D eigenvalue weighted by molar-refractivity contribution is 1.59. The van der Waals surface area contributed by atoms with E-state index in [2.05, 4.69) is 182 Å². The molecule has 214 valence electrons. The van der Waals surface area contributed by atoms with Crippen LogP contribution in [-0.4, -0.2) is 0 Å². The molecule has 0 aliphatic heterocycles. The molecule has 0 atom stereocenters. The van der Waals surface area contributed by atoms with Crippen molar-refractivity contribution in [3.05, 3.63) is 182 Å². The molecule has 0 N–H and O–H groups in total. The number of hydrogen-bond donors (Lipinski definition) is 0. The summed E-state index contributed by atoms with van der Waals surface area (Å²) >= 11 is 0. The van der Waals surface area contributed by atoms with Gasteiger partial charge >= 0.3 is 0 Å². The number of hydrogen-bond acceptors (Lipinski definition) is 0. The molecule has 0 amide bonds. The Morgan fingerprint density at radius 1 is 0.217 bits per heavy atom. The normalized spacial score (nSPS) is 11.5. The minimum atomic E-state index is 1.22. The first-order valence-electron chi connectivity index (χ1n) is 15.9. The molecule has 0 saturated carbocycles. The van der Waals surface area contributed by atoms with Crippen LogP contribution in [0.1, 0.15) is 0 Å². The van der Waals surface area contributed by atoms with Crippen molar-refractivity contribution in [2.75, 3.05) is 0 Å². The third-order valence-electron chi connectivity index (χ3n) is 9.46. The van der Waals surface area contributed by atoms with Crippen LogP contribution in [0.15, 0.2) is 182 Å². The molecule has 0 unspecified atom stereocenters. The van der Waals surface area contributed by atoms with E-state index in [1.165, 1.54) is 87.6 Å². The van der Waals surface area contributed by atoms with E-state index in [1.54, 1.807) is 0 Å². The van der Waals surface area contributed by atoms with Crippen LogP contribution < -0.4 is 0 Å². The second kappa shape index (κ2) is 10.9. The van der Waals surface area contributed by atoms with E-state index in [0.29, 0.717) is 0 Å². The fraction of sp³-hybridized carbons (Fsp3) is 0. The maximum Gasteiger partial charge on any atom is -0.00199 e. The Morgan fingerprint density at radius 3 is 1.24 bits per heavy atom. The molecule has 0 aromatic heterocycles. The van der Waals surface area contributed by atoms with E-state index in [9.17, 15) is 0 Å². The molecule has 0 radical (unpaired) electrons. The molecule has 0 nitrogen and oxygen atoms in total. The third-order valence-corrected chi connectivity index (χ3v) is 9.46. The molecule has 0 heteroatoms. The minimum absolute atomic E-state index is 1.22. The van der Waals surface area contributed by atoms with Gasteiger partial charge in [-0.1, -0.05) is 176 Å². The third kappa shape index (κ3) is 4.23. The summed E-state index contributed by atoms with van der Waals surface area (Å²) in [6.45, 7) is 0. The molecule has 0 heterocycles. The Kier molecular flexibility index (Phi) is 6.25. The number of rotatable bonds is 4. The Labute approximate surface area is 268 Å². The molecule has 9 aromatic carbocycles. The summed E-state index contributed by atoms with van der Waals surface area (Å²) in [4.78, 5) is 0. The summed E-state index contributed by atoms with van der Waals surface area (Å²) in [7, 11) is 0. The summed E-state index contributed by atoms with van der Waals surface area (Å²) in [5, 5.41) is 10.1. The summed E-state index contributed by atoms with van der Waals surface area (Å²) in [5.74, 6) is 0. The van der Waals surface area contributed by atoms with Crippen LogP contribution in [0.4, 0.5) is 0 Å². The molecular formula is C46H30. The van der Waals surface area contributed by atoms with E-state index >= 15 is 0 Å². The van der Waals surface area contributed by atoms with E-state index in [-0.39, 0.29) is 0 Å². The van der Waals surface area contributed by atoms with Crippen molar-refractivity contribution < 1.29 is 0 Å². The van der Waals surface area contributed by atoms with E-state index < -0.39 is 0 Å². The molecule has 0 spiro atoms. The lowest BCUT2D eigenvalue weighted by Gasteiger charge is -2.21. The van der Waals surface area contributed by atoms with E-state index in [1.807, 2.05) is 0 Å². The highest BCUT2D eigenvalue weighted by Gasteiger charge is 2.20. The Hall–Kier alpha value is -5.98. The first-order valence-corrected chi connectivity index (χ1v) is 15.9. The van der Waals surface area contributed by atoms with Crippen LogP contribution in [0.2, 0.25) is 0 Å². The van der Waals surface area contributed by atoms with Gasteiger partial charge in [0.1, 0.15) is 0 Å². The molecule has 0 aliphatic rings. The standard InChI is InChI=1S/C46H30/c1-2-14-31(15-3-1)35-20-8-9-23-38(35)34-28-29-43-44(30-34)46(40-27-13-19-33-17-5-7-22-37(33)40)42-25-11-10-24-41(42)45(43)39-26-12-18-32-16-4-6-21-36(32)39/h1-30H. The fourth-order valence-corrected chi connectivity index (χ4v) is 7.42. The molecular weight excluding hydrogens is 553 g/mol. The van der Waals surface area contributed by atoms with Crippen LogP contribution >= 0.6 is 0 Å². The quantitative estimate of drug-likeness (QED) is 0.181. The van der Waals surface area contributed by atoms with Crippen molar-refractivity contribution in [2.24, 2.45) is 0 Å². The van der Waals surface area contributed by atoms with E-state index in [4.69, 9.17) is 0 Å². The van der Waals surface area contributed by atoms with Crippen molar-refractivity contribution in [1.29, 1.82) is 0 Å². The second-order valence-electron chi connectivity index (χ2n) is 12.0. The zero-order valence-electron chi connectivity index (χ0n) is 25.3. The van der Waals surface area contributed by atoms with Crippen LogP contribution in [0.3, 0.4) is 0 Å². The predicted octanol–water partition coefficient (Wildman–Crippen LogP) is 13.0.